The molecular formula is C13H21ClN2O2S. The molecule has 0 radical (unpaired) electrons. The monoisotopic (exact) mass is 304 g/mol. The van der Waals surface area contributed by atoms with Gasteiger partial charge >= 0.3 is 0 Å². The Labute approximate surface area is 120 Å². The predicted molar refractivity (Wildman–Crippen MR) is 80.3 cm³/mol. The molecule has 0 atom stereocenters. The van der Waals surface area contributed by atoms with E-state index in [0.29, 0.717) is 18.1 Å². The van der Waals surface area contributed by atoms with E-state index in [1.54, 1.807) is 18.2 Å². The van der Waals surface area contributed by atoms with E-state index in [-0.39, 0.29) is 10.3 Å². The first-order valence-corrected chi connectivity index (χ1v) is 7.99. The summed E-state index contributed by atoms with van der Waals surface area (Å²) in [7, 11) is -0.399. The lowest BCUT2D eigenvalue weighted by Crippen LogP contribution is -2.27. The highest BCUT2D eigenvalue weighted by Crippen LogP contribution is 2.25. The molecule has 1 aromatic rings. The first kappa shape index (κ1) is 16.3. The molecule has 108 valence electrons. The summed E-state index contributed by atoms with van der Waals surface area (Å²) in [6.45, 7) is 4.66. The van der Waals surface area contributed by atoms with Gasteiger partial charge in [-0.15, -0.1) is 11.6 Å². The molecule has 0 aromatic heterocycles. The summed E-state index contributed by atoms with van der Waals surface area (Å²) in [5.41, 5.74) is 0.505. The zero-order valence-electron chi connectivity index (χ0n) is 11.8. The summed E-state index contributed by atoms with van der Waals surface area (Å²) in [6, 6.07) is 6.89. The number of para-hydroxylation sites is 1. The van der Waals surface area contributed by atoms with E-state index in [2.05, 4.69) is 5.32 Å². The average Bonchev–Trinajstić information content (AvgIpc) is 2.36. The van der Waals surface area contributed by atoms with Gasteiger partial charge in [-0.3, -0.25) is 0 Å². The Bertz CT molecular complexity index is 527. The lowest BCUT2D eigenvalue weighted by Gasteiger charge is -2.24. The molecule has 6 heteroatoms. The Morgan fingerprint density at radius 2 is 1.84 bits per heavy atom. The van der Waals surface area contributed by atoms with Gasteiger partial charge < -0.3 is 5.32 Å². The summed E-state index contributed by atoms with van der Waals surface area (Å²) in [6.07, 6.45) is 0. The van der Waals surface area contributed by atoms with Crippen molar-refractivity contribution < 1.29 is 8.42 Å². The van der Waals surface area contributed by atoms with Gasteiger partial charge in [-0.05, 0) is 17.5 Å². The minimum atomic E-state index is -3.44. The molecule has 0 saturated heterocycles. The zero-order chi connectivity index (χ0) is 14.7. The smallest absolute Gasteiger partial charge is 0.244 e. The summed E-state index contributed by atoms with van der Waals surface area (Å²) in [5.74, 6) is 0.503. The quantitative estimate of drug-likeness (QED) is 0.822. The number of hydrogen-bond donors (Lipinski definition) is 1. The molecule has 0 fully saturated rings. The van der Waals surface area contributed by atoms with Crippen molar-refractivity contribution in [2.24, 2.45) is 5.41 Å². The number of anilines is 1. The molecule has 19 heavy (non-hydrogen) atoms. The zero-order valence-corrected chi connectivity index (χ0v) is 13.3. The molecule has 0 amide bonds. The van der Waals surface area contributed by atoms with Crippen molar-refractivity contribution >= 4 is 27.3 Å². The highest BCUT2D eigenvalue weighted by Gasteiger charge is 2.22. The Morgan fingerprint density at radius 3 is 2.37 bits per heavy atom. The van der Waals surface area contributed by atoms with Crippen LogP contribution in [0.1, 0.15) is 13.8 Å². The van der Waals surface area contributed by atoms with Crippen LogP contribution in [-0.4, -0.2) is 39.2 Å². The number of nitrogens with one attached hydrogen (secondary N) is 1. The van der Waals surface area contributed by atoms with Crippen LogP contribution >= 0.6 is 11.6 Å². The van der Waals surface area contributed by atoms with Crippen LogP contribution in [0.3, 0.4) is 0 Å². The van der Waals surface area contributed by atoms with E-state index >= 15 is 0 Å². The van der Waals surface area contributed by atoms with Crippen LogP contribution < -0.4 is 5.32 Å². The van der Waals surface area contributed by atoms with Crippen LogP contribution in [0, 0.1) is 5.41 Å². The second kappa shape index (κ2) is 6.11. The van der Waals surface area contributed by atoms with Gasteiger partial charge in [0.1, 0.15) is 4.90 Å². The second-order valence-electron chi connectivity index (χ2n) is 5.43. The van der Waals surface area contributed by atoms with E-state index in [1.165, 1.54) is 18.4 Å². The third kappa shape index (κ3) is 4.09. The predicted octanol–water partition coefficient (Wildman–Crippen LogP) is 2.61. The third-order valence-electron chi connectivity index (χ3n) is 2.76. The van der Waals surface area contributed by atoms with Crippen molar-refractivity contribution in [2.45, 2.75) is 18.7 Å². The molecule has 0 unspecified atom stereocenters. The average molecular weight is 305 g/mol. The second-order valence-corrected chi connectivity index (χ2v) is 7.82. The van der Waals surface area contributed by atoms with Crippen LogP contribution in [0.5, 0.6) is 0 Å². The molecule has 0 bridgehead atoms. The molecule has 1 N–H and O–H groups in total. The SMILES string of the molecule is CN(C)S(=O)(=O)c1ccccc1NCC(C)(C)CCl. The van der Waals surface area contributed by atoms with Gasteiger partial charge in [0, 0.05) is 26.5 Å². The van der Waals surface area contributed by atoms with Gasteiger partial charge in [0.15, 0.2) is 0 Å². The lowest BCUT2D eigenvalue weighted by molar-refractivity contribution is 0.449. The highest BCUT2D eigenvalue weighted by molar-refractivity contribution is 7.89. The minimum absolute atomic E-state index is 0.101. The van der Waals surface area contributed by atoms with E-state index < -0.39 is 10.0 Å². The number of alkyl halides is 1. The fourth-order valence-electron chi connectivity index (χ4n) is 1.42. The summed E-state index contributed by atoms with van der Waals surface area (Å²) < 4.78 is 25.6. The van der Waals surface area contributed by atoms with Crippen molar-refractivity contribution in [1.29, 1.82) is 0 Å². The van der Waals surface area contributed by atoms with E-state index in [0.717, 1.165) is 0 Å². The Morgan fingerprint density at radius 1 is 1.26 bits per heavy atom. The minimum Gasteiger partial charge on any atom is -0.383 e. The van der Waals surface area contributed by atoms with Gasteiger partial charge in [0.2, 0.25) is 10.0 Å². The fourth-order valence-corrected chi connectivity index (χ4v) is 2.57. The molecule has 0 aliphatic heterocycles. The van der Waals surface area contributed by atoms with Gasteiger partial charge in [0.05, 0.1) is 5.69 Å². The molecule has 0 saturated carbocycles. The van der Waals surface area contributed by atoms with E-state index in [4.69, 9.17) is 11.6 Å². The number of nitrogens with zero attached hydrogens (tertiary/aromatic N) is 1. The standard InChI is InChI=1S/C13H21ClN2O2S/c1-13(2,9-14)10-15-11-7-5-6-8-12(11)19(17,18)16(3)4/h5-8,15H,9-10H2,1-4H3. The van der Waals surface area contributed by atoms with Gasteiger partial charge in [-0.2, -0.15) is 0 Å². The number of halogens is 1. The Hall–Kier alpha value is -0.780. The maximum Gasteiger partial charge on any atom is 0.244 e. The van der Waals surface area contributed by atoms with Crippen LogP contribution in [0.4, 0.5) is 5.69 Å². The highest BCUT2D eigenvalue weighted by atomic mass is 35.5. The van der Waals surface area contributed by atoms with Crippen molar-refractivity contribution in [3.05, 3.63) is 24.3 Å². The van der Waals surface area contributed by atoms with Crippen LogP contribution in [0.25, 0.3) is 0 Å². The van der Waals surface area contributed by atoms with E-state index in [1.807, 2.05) is 19.9 Å². The largest absolute Gasteiger partial charge is 0.383 e. The number of hydrogen-bond acceptors (Lipinski definition) is 3. The molecule has 0 aliphatic rings. The Balaban J connectivity index is 3.05. The maximum atomic E-state index is 12.2. The van der Waals surface area contributed by atoms with E-state index in [9.17, 15) is 8.42 Å². The first-order valence-electron chi connectivity index (χ1n) is 6.02. The van der Waals surface area contributed by atoms with Crippen molar-refractivity contribution in [3.8, 4) is 0 Å². The Kier molecular flexibility index (Phi) is 5.24. The topological polar surface area (TPSA) is 49.4 Å². The number of rotatable bonds is 6. The molecule has 0 spiro atoms. The number of benzene rings is 1. The maximum absolute atomic E-state index is 12.2. The van der Waals surface area contributed by atoms with Crippen molar-refractivity contribution in [3.63, 3.8) is 0 Å². The van der Waals surface area contributed by atoms with Crippen LogP contribution in [0.15, 0.2) is 29.2 Å². The molecular weight excluding hydrogens is 284 g/mol. The summed E-state index contributed by atoms with van der Waals surface area (Å²) >= 11 is 5.87. The summed E-state index contributed by atoms with van der Waals surface area (Å²) in [5, 5.41) is 3.18. The van der Waals surface area contributed by atoms with Gasteiger partial charge in [0.25, 0.3) is 0 Å². The van der Waals surface area contributed by atoms with Crippen LogP contribution in [-0.2, 0) is 10.0 Å². The number of sulfonamides is 1. The molecule has 1 rings (SSSR count). The summed E-state index contributed by atoms with van der Waals surface area (Å²) in [4.78, 5) is 0.283. The molecule has 4 nitrogen and oxygen atoms in total. The lowest BCUT2D eigenvalue weighted by atomic mass is 9.96. The van der Waals surface area contributed by atoms with Crippen molar-refractivity contribution in [2.75, 3.05) is 31.8 Å². The van der Waals surface area contributed by atoms with Crippen LogP contribution in [0.2, 0.25) is 0 Å². The molecule has 1 aromatic carbocycles. The molecule has 0 aliphatic carbocycles. The van der Waals surface area contributed by atoms with Gasteiger partial charge in [-0.1, -0.05) is 26.0 Å². The third-order valence-corrected chi connectivity index (χ3v) is 5.36. The normalized spacial score (nSPS) is 12.7. The molecule has 0 heterocycles. The first-order chi connectivity index (χ1) is 8.70. The fraction of sp³-hybridized carbons (Fsp3) is 0.538. The van der Waals surface area contributed by atoms with Crippen molar-refractivity contribution in [1.82, 2.24) is 4.31 Å². The van der Waals surface area contributed by atoms with Gasteiger partial charge in [-0.25, -0.2) is 12.7 Å².